The lowest BCUT2D eigenvalue weighted by Gasteiger charge is -2.13. The number of carbonyl (C=O) groups is 1. The van der Waals surface area contributed by atoms with Gasteiger partial charge >= 0.3 is 0 Å². The SMILES string of the molecule is O=C(NCC1(CCl)CC1)c1ccnc2ccccc12. The van der Waals surface area contributed by atoms with E-state index in [1.807, 2.05) is 24.3 Å². The predicted octanol–water partition coefficient (Wildman–Crippen LogP) is 2.98. The molecular weight excluding hydrogens is 260 g/mol. The Bertz CT molecular complexity index is 617. The molecule has 0 spiro atoms. The molecule has 1 N–H and O–H groups in total. The molecule has 1 saturated carbocycles. The fraction of sp³-hybridized carbons (Fsp3) is 0.333. The van der Waals surface area contributed by atoms with Gasteiger partial charge in [0.1, 0.15) is 0 Å². The Hall–Kier alpha value is -1.61. The van der Waals surface area contributed by atoms with Gasteiger partial charge in [0, 0.05) is 29.4 Å². The quantitative estimate of drug-likeness (QED) is 0.871. The van der Waals surface area contributed by atoms with E-state index in [1.54, 1.807) is 12.3 Å². The molecule has 1 aromatic carbocycles. The number of alkyl halides is 1. The van der Waals surface area contributed by atoms with Gasteiger partial charge in [-0.05, 0) is 25.0 Å². The highest BCUT2D eigenvalue weighted by atomic mass is 35.5. The smallest absolute Gasteiger partial charge is 0.252 e. The molecule has 3 nitrogen and oxygen atoms in total. The van der Waals surface area contributed by atoms with E-state index in [9.17, 15) is 4.79 Å². The average molecular weight is 275 g/mol. The minimum Gasteiger partial charge on any atom is -0.351 e. The van der Waals surface area contributed by atoms with Gasteiger partial charge in [0.2, 0.25) is 0 Å². The Labute approximate surface area is 117 Å². The number of benzene rings is 1. The van der Waals surface area contributed by atoms with Crippen LogP contribution in [0.4, 0.5) is 0 Å². The van der Waals surface area contributed by atoms with Crippen molar-refractivity contribution < 1.29 is 4.79 Å². The minimum atomic E-state index is -0.0463. The summed E-state index contributed by atoms with van der Waals surface area (Å²) in [7, 11) is 0. The molecular formula is C15H15ClN2O. The van der Waals surface area contributed by atoms with Gasteiger partial charge in [0.15, 0.2) is 0 Å². The van der Waals surface area contributed by atoms with Crippen LogP contribution in [0.3, 0.4) is 0 Å². The third kappa shape index (κ3) is 2.43. The van der Waals surface area contributed by atoms with Crippen molar-refractivity contribution in [1.82, 2.24) is 10.3 Å². The van der Waals surface area contributed by atoms with Gasteiger partial charge in [-0.1, -0.05) is 18.2 Å². The first-order chi connectivity index (χ1) is 9.24. The van der Waals surface area contributed by atoms with Gasteiger partial charge < -0.3 is 5.32 Å². The summed E-state index contributed by atoms with van der Waals surface area (Å²) in [5, 5.41) is 3.88. The van der Waals surface area contributed by atoms with Gasteiger partial charge in [0.05, 0.1) is 11.1 Å². The topological polar surface area (TPSA) is 42.0 Å². The van der Waals surface area contributed by atoms with Gasteiger partial charge in [-0.2, -0.15) is 0 Å². The Morgan fingerprint density at radius 3 is 2.84 bits per heavy atom. The van der Waals surface area contributed by atoms with E-state index in [0.717, 1.165) is 23.7 Å². The number of carbonyl (C=O) groups excluding carboxylic acids is 1. The highest BCUT2D eigenvalue weighted by Gasteiger charge is 2.41. The summed E-state index contributed by atoms with van der Waals surface area (Å²) >= 11 is 5.92. The maximum absolute atomic E-state index is 12.3. The van der Waals surface area contributed by atoms with Crippen molar-refractivity contribution in [3.05, 3.63) is 42.1 Å². The van der Waals surface area contributed by atoms with Gasteiger partial charge in [-0.25, -0.2) is 0 Å². The number of fused-ring (bicyclic) bond motifs is 1. The zero-order valence-electron chi connectivity index (χ0n) is 10.5. The molecule has 0 unspecified atom stereocenters. The number of amides is 1. The monoisotopic (exact) mass is 274 g/mol. The summed E-state index contributed by atoms with van der Waals surface area (Å²) in [6.45, 7) is 0.659. The Balaban J connectivity index is 1.82. The second-order valence-electron chi connectivity index (χ2n) is 5.19. The molecule has 1 aliphatic rings. The highest BCUT2D eigenvalue weighted by Crippen LogP contribution is 2.45. The van der Waals surface area contributed by atoms with Gasteiger partial charge in [-0.3, -0.25) is 9.78 Å². The van der Waals surface area contributed by atoms with Crippen LogP contribution in [-0.4, -0.2) is 23.3 Å². The molecule has 0 radical (unpaired) electrons. The summed E-state index contributed by atoms with van der Waals surface area (Å²) in [6, 6.07) is 9.43. The van der Waals surface area contributed by atoms with Crippen molar-refractivity contribution in [3.63, 3.8) is 0 Å². The molecule has 0 saturated heterocycles. The third-order valence-corrected chi connectivity index (χ3v) is 4.33. The predicted molar refractivity (Wildman–Crippen MR) is 76.5 cm³/mol. The minimum absolute atomic E-state index is 0.0463. The van der Waals surface area contributed by atoms with Crippen LogP contribution in [0.1, 0.15) is 23.2 Å². The lowest BCUT2D eigenvalue weighted by atomic mass is 10.1. The number of hydrogen-bond donors (Lipinski definition) is 1. The molecule has 4 heteroatoms. The van der Waals surface area contributed by atoms with E-state index in [1.165, 1.54) is 0 Å². The third-order valence-electron chi connectivity index (χ3n) is 3.76. The Kier molecular flexibility index (Phi) is 3.15. The van der Waals surface area contributed by atoms with Crippen molar-refractivity contribution >= 4 is 28.4 Å². The van der Waals surface area contributed by atoms with Gasteiger partial charge in [0.25, 0.3) is 5.91 Å². The summed E-state index contributed by atoms with van der Waals surface area (Å²) in [6.07, 6.45) is 3.88. The molecule has 0 bridgehead atoms. The molecule has 1 aromatic heterocycles. The molecule has 1 heterocycles. The number of pyridine rings is 1. The maximum atomic E-state index is 12.3. The molecule has 0 aliphatic heterocycles. The first-order valence-corrected chi connectivity index (χ1v) is 6.95. The molecule has 1 fully saturated rings. The highest BCUT2D eigenvalue weighted by molar-refractivity contribution is 6.18. The number of rotatable bonds is 4. The number of nitrogens with one attached hydrogen (secondary N) is 1. The largest absolute Gasteiger partial charge is 0.351 e. The van der Waals surface area contributed by atoms with Crippen LogP contribution in [0.5, 0.6) is 0 Å². The molecule has 19 heavy (non-hydrogen) atoms. The van der Waals surface area contributed by atoms with Crippen LogP contribution < -0.4 is 5.32 Å². The summed E-state index contributed by atoms with van der Waals surface area (Å²) < 4.78 is 0. The summed E-state index contributed by atoms with van der Waals surface area (Å²) in [5.41, 5.74) is 1.66. The van der Waals surface area contributed by atoms with Crippen molar-refractivity contribution in [2.75, 3.05) is 12.4 Å². The van der Waals surface area contributed by atoms with E-state index >= 15 is 0 Å². The number of para-hydroxylation sites is 1. The molecule has 0 atom stereocenters. The summed E-state index contributed by atoms with van der Waals surface area (Å²) in [5.74, 6) is 0.569. The van der Waals surface area contributed by atoms with Crippen LogP contribution in [-0.2, 0) is 0 Å². The number of nitrogens with zero attached hydrogens (tertiary/aromatic N) is 1. The van der Waals surface area contributed by atoms with E-state index in [2.05, 4.69) is 10.3 Å². The Morgan fingerprint density at radius 1 is 1.32 bits per heavy atom. The standard InChI is InChI=1S/C15H15ClN2O/c16-9-15(6-7-15)10-18-14(19)12-5-8-17-13-4-2-1-3-11(12)13/h1-5,8H,6-7,9-10H2,(H,18,19). The fourth-order valence-corrected chi connectivity index (χ4v) is 2.55. The molecule has 1 amide bonds. The van der Waals surface area contributed by atoms with Crippen LogP contribution in [0.15, 0.2) is 36.5 Å². The maximum Gasteiger partial charge on any atom is 0.252 e. The van der Waals surface area contributed by atoms with Crippen LogP contribution in [0.25, 0.3) is 10.9 Å². The first kappa shape index (κ1) is 12.4. The van der Waals surface area contributed by atoms with Gasteiger partial charge in [-0.15, -0.1) is 11.6 Å². The van der Waals surface area contributed by atoms with Crippen LogP contribution >= 0.6 is 11.6 Å². The second-order valence-corrected chi connectivity index (χ2v) is 5.46. The zero-order valence-corrected chi connectivity index (χ0v) is 11.3. The number of aromatic nitrogens is 1. The van der Waals surface area contributed by atoms with Crippen molar-refractivity contribution in [2.45, 2.75) is 12.8 Å². The average Bonchev–Trinajstić information content (AvgIpc) is 3.25. The lowest BCUT2D eigenvalue weighted by Crippen LogP contribution is -2.31. The fourth-order valence-electron chi connectivity index (χ4n) is 2.19. The molecule has 3 rings (SSSR count). The van der Waals surface area contributed by atoms with Crippen LogP contribution in [0.2, 0.25) is 0 Å². The molecule has 1 aliphatic carbocycles. The zero-order chi connectivity index (χ0) is 13.3. The second kappa shape index (κ2) is 4.82. The van der Waals surface area contributed by atoms with E-state index < -0.39 is 0 Å². The van der Waals surface area contributed by atoms with Crippen molar-refractivity contribution in [1.29, 1.82) is 0 Å². The van der Waals surface area contributed by atoms with E-state index in [-0.39, 0.29) is 11.3 Å². The normalized spacial score (nSPS) is 16.3. The van der Waals surface area contributed by atoms with Crippen molar-refractivity contribution in [3.8, 4) is 0 Å². The first-order valence-electron chi connectivity index (χ1n) is 6.42. The number of hydrogen-bond acceptors (Lipinski definition) is 2. The lowest BCUT2D eigenvalue weighted by molar-refractivity contribution is 0.0948. The van der Waals surface area contributed by atoms with Crippen LogP contribution in [0, 0.1) is 5.41 Å². The van der Waals surface area contributed by atoms with E-state index in [0.29, 0.717) is 18.0 Å². The van der Waals surface area contributed by atoms with Crippen molar-refractivity contribution in [2.24, 2.45) is 5.41 Å². The summed E-state index contributed by atoms with van der Waals surface area (Å²) in [4.78, 5) is 16.5. The van der Waals surface area contributed by atoms with E-state index in [4.69, 9.17) is 11.6 Å². The number of halogens is 1. The Morgan fingerprint density at radius 2 is 2.11 bits per heavy atom. The molecule has 2 aromatic rings. The molecule has 98 valence electrons.